The molecule has 0 saturated heterocycles. The Hall–Kier alpha value is -4.42. The first kappa shape index (κ1) is 24.2. The van der Waals surface area contributed by atoms with Gasteiger partial charge in [-0.3, -0.25) is 14.9 Å². The molecule has 2 N–H and O–H groups in total. The lowest BCUT2D eigenvalue weighted by atomic mass is 10.2. The van der Waals surface area contributed by atoms with Gasteiger partial charge in [-0.25, -0.2) is 9.48 Å². The predicted molar refractivity (Wildman–Crippen MR) is 115 cm³/mol. The molecule has 0 aliphatic carbocycles. The lowest BCUT2D eigenvalue weighted by Gasteiger charge is -2.13. The van der Waals surface area contributed by atoms with E-state index in [0.717, 1.165) is 6.20 Å². The van der Waals surface area contributed by atoms with E-state index in [1.54, 1.807) is 6.07 Å². The van der Waals surface area contributed by atoms with Gasteiger partial charge in [0.1, 0.15) is 11.3 Å². The van der Waals surface area contributed by atoms with Crippen LogP contribution in [-0.2, 0) is 15.7 Å². The van der Waals surface area contributed by atoms with Gasteiger partial charge in [0, 0.05) is 11.8 Å². The fourth-order valence-electron chi connectivity index (χ4n) is 3.02. The van der Waals surface area contributed by atoms with Gasteiger partial charge >= 0.3 is 12.1 Å². The van der Waals surface area contributed by atoms with E-state index >= 15 is 0 Å². The van der Waals surface area contributed by atoms with Crippen molar-refractivity contribution >= 4 is 28.9 Å². The molecule has 0 atom stereocenters. The second kappa shape index (κ2) is 10.0. The number of esters is 1. The molecule has 0 saturated carbocycles. The highest BCUT2D eigenvalue weighted by atomic mass is 19.4. The smallest absolute Gasteiger partial charge is 0.434 e. The van der Waals surface area contributed by atoms with Gasteiger partial charge in [0.2, 0.25) is 5.91 Å². The van der Waals surface area contributed by atoms with E-state index in [-0.39, 0.29) is 35.9 Å². The van der Waals surface area contributed by atoms with Gasteiger partial charge < -0.3 is 15.4 Å². The van der Waals surface area contributed by atoms with E-state index in [4.69, 9.17) is 0 Å². The van der Waals surface area contributed by atoms with Crippen LogP contribution in [0.3, 0.4) is 0 Å². The lowest BCUT2D eigenvalue weighted by Crippen LogP contribution is -2.22. The molecule has 10 nitrogen and oxygen atoms in total. The number of nitrogens with zero attached hydrogens (tertiary/aromatic N) is 3. The van der Waals surface area contributed by atoms with Crippen LogP contribution in [0.25, 0.3) is 5.69 Å². The quantitative estimate of drug-likeness (QED) is 0.285. The average molecular weight is 477 g/mol. The second-order valence-electron chi connectivity index (χ2n) is 6.76. The molecule has 34 heavy (non-hydrogen) atoms. The first-order valence-electron chi connectivity index (χ1n) is 9.81. The van der Waals surface area contributed by atoms with Crippen LogP contribution in [0, 0.1) is 10.1 Å². The molecule has 0 fully saturated rings. The molecular formula is C21H18F3N5O5. The van der Waals surface area contributed by atoms with Crippen molar-refractivity contribution in [3.63, 3.8) is 0 Å². The molecule has 0 bridgehead atoms. The number of alkyl halides is 3. The third-order valence-electron chi connectivity index (χ3n) is 4.47. The SMILES string of the molecule is CCOC(=O)c1cnn(-c2ccc(NC(=O)CNc3ccccc3[N+](=O)[O-])cc2)c1C(F)(F)F. The topological polar surface area (TPSA) is 128 Å². The Morgan fingerprint density at radius 1 is 1.15 bits per heavy atom. The lowest BCUT2D eigenvalue weighted by molar-refractivity contribution is -0.383. The summed E-state index contributed by atoms with van der Waals surface area (Å²) in [6.45, 7) is 1.09. The number of amides is 1. The van der Waals surface area contributed by atoms with Crippen molar-refractivity contribution in [1.82, 2.24) is 9.78 Å². The van der Waals surface area contributed by atoms with Crippen molar-refractivity contribution in [2.75, 3.05) is 23.8 Å². The highest BCUT2D eigenvalue weighted by Crippen LogP contribution is 2.34. The van der Waals surface area contributed by atoms with Crippen LogP contribution in [0.15, 0.2) is 54.7 Å². The van der Waals surface area contributed by atoms with Gasteiger partial charge in [-0.05, 0) is 37.3 Å². The van der Waals surface area contributed by atoms with E-state index in [2.05, 4.69) is 20.5 Å². The van der Waals surface area contributed by atoms with Crippen molar-refractivity contribution in [1.29, 1.82) is 0 Å². The maximum Gasteiger partial charge on any atom is 0.434 e. The molecule has 0 aliphatic heterocycles. The van der Waals surface area contributed by atoms with Gasteiger partial charge in [-0.2, -0.15) is 18.3 Å². The number of carbonyl (C=O) groups excluding carboxylic acids is 2. The zero-order valence-corrected chi connectivity index (χ0v) is 17.6. The maximum atomic E-state index is 13.6. The standard InChI is InChI=1S/C21H18F3N5O5/c1-2-34-20(31)15-11-26-28(19(15)21(22,23)24)14-9-7-13(8-10-14)27-18(30)12-25-16-5-3-4-6-17(16)29(32)33/h3-11,25H,2,12H2,1H3,(H,27,30). The molecule has 0 aliphatic rings. The summed E-state index contributed by atoms with van der Waals surface area (Å²) in [7, 11) is 0. The van der Waals surface area contributed by atoms with Gasteiger partial charge in [-0.1, -0.05) is 12.1 Å². The van der Waals surface area contributed by atoms with Crippen LogP contribution in [-0.4, -0.2) is 39.7 Å². The van der Waals surface area contributed by atoms with Crippen LogP contribution < -0.4 is 10.6 Å². The molecule has 1 aromatic heterocycles. The average Bonchev–Trinajstić information content (AvgIpc) is 3.25. The highest BCUT2D eigenvalue weighted by Gasteiger charge is 2.41. The number of ether oxygens (including phenoxy) is 1. The molecule has 13 heteroatoms. The van der Waals surface area contributed by atoms with Gasteiger partial charge in [0.05, 0.1) is 30.0 Å². The molecule has 0 spiro atoms. The highest BCUT2D eigenvalue weighted by molar-refractivity contribution is 5.94. The molecule has 2 aromatic carbocycles. The maximum absolute atomic E-state index is 13.6. The summed E-state index contributed by atoms with van der Waals surface area (Å²) in [4.78, 5) is 34.5. The van der Waals surface area contributed by atoms with E-state index < -0.39 is 34.2 Å². The Morgan fingerprint density at radius 2 is 1.82 bits per heavy atom. The Kier molecular flexibility index (Phi) is 7.14. The number of nitrogens with one attached hydrogen (secondary N) is 2. The van der Waals surface area contributed by atoms with Crippen LogP contribution >= 0.6 is 0 Å². The molecule has 0 unspecified atom stereocenters. The van der Waals surface area contributed by atoms with E-state index in [1.165, 1.54) is 49.4 Å². The number of halogens is 3. The van der Waals surface area contributed by atoms with Gasteiger partial charge in [0.15, 0.2) is 5.69 Å². The Bertz CT molecular complexity index is 1210. The normalized spacial score (nSPS) is 11.1. The van der Waals surface area contributed by atoms with Crippen LogP contribution in [0.1, 0.15) is 23.0 Å². The number of para-hydroxylation sites is 2. The second-order valence-corrected chi connectivity index (χ2v) is 6.76. The summed E-state index contributed by atoms with van der Waals surface area (Å²) in [6, 6.07) is 11.1. The number of anilines is 2. The van der Waals surface area contributed by atoms with Crippen molar-refractivity contribution in [2.45, 2.75) is 13.1 Å². The number of benzene rings is 2. The molecule has 0 radical (unpaired) electrons. The Labute approximate surface area is 190 Å². The Balaban J connectivity index is 1.73. The molecular weight excluding hydrogens is 459 g/mol. The van der Waals surface area contributed by atoms with Crippen molar-refractivity contribution in [3.8, 4) is 5.69 Å². The minimum atomic E-state index is -4.88. The minimum absolute atomic E-state index is 0.00101. The first-order chi connectivity index (χ1) is 16.1. The number of nitro groups is 1. The van der Waals surface area contributed by atoms with Crippen molar-refractivity contribution in [2.24, 2.45) is 0 Å². The van der Waals surface area contributed by atoms with Crippen LogP contribution in [0.2, 0.25) is 0 Å². The number of hydrogen-bond donors (Lipinski definition) is 2. The number of nitro benzene ring substituents is 1. The summed E-state index contributed by atoms with van der Waals surface area (Å²) in [6.07, 6.45) is -4.10. The summed E-state index contributed by atoms with van der Waals surface area (Å²) in [5.41, 5.74) is -1.76. The van der Waals surface area contributed by atoms with Crippen LogP contribution in [0.4, 0.5) is 30.2 Å². The fourth-order valence-corrected chi connectivity index (χ4v) is 3.02. The third kappa shape index (κ3) is 5.49. The summed E-state index contributed by atoms with van der Waals surface area (Å²) < 4.78 is 46.1. The van der Waals surface area contributed by atoms with Crippen molar-refractivity contribution in [3.05, 3.63) is 76.1 Å². The molecule has 1 amide bonds. The van der Waals surface area contributed by atoms with Crippen LogP contribution in [0.5, 0.6) is 0 Å². The summed E-state index contributed by atoms with van der Waals surface area (Å²) >= 11 is 0. The largest absolute Gasteiger partial charge is 0.462 e. The van der Waals surface area contributed by atoms with E-state index in [9.17, 15) is 32.9 Å². The molecule has 3 rings (SSSR count). The number of carbonyl (C=O) groups is 2. The zero-order chi connectivity index (χ0) is 24.9. The number of hydrogen-bond acceptors (Lipinski definition) is 7. The van der Waals surface area contributed by atoms with Gasteiger partial charge in [-0.15, -0.1) is 0 Å². The Morgan fingerprint density at radius 3 is 2.44 bits per heavy atom. The first-order valence-corrected chi connectivity index (χ1v) is 9.81. The van der Waals surface area contributed by atoms with Gasteiger partial charge in [0.25, 0.3) is 5.69 Å². The monoisotopic (exact) mass is 477 g/mol. The third-order valence-corrected chi connectivity index (χ3v) is 4.47. The minimum Gasteiger partial charge on any atom is -0.462 e. The molecule has 178 valence electrons. The summed E-state index contributed by atoms with van der Waals surface area (Å²) in [5.74, 6) is -1.68. The zero-order valence-electron chi connectivity index (χ0n) is 17.6. The number of rotatable bonds is 8. The number of aromatic nitrogens is 2. The summed E-state index contributed by atoms with van der Waals surface area (Å²) in [5, 5.41) is 19.9. The van der Waals surface area contributed by atoms with E-state index in [0.29, 0.717) is 4.68 Å². The van der Waals surface area contributed by atoms with Crippen molar-refractivity contribution < 1.29 is 32.4 Å². The molecule has 3 aromatic rings. The molecule has 1 heterocycles. The van der Waals surface area contributed by atoms with E-state index in [1.807, 2.05) is 0 Å². The fraction of sp³-hybridized carbons (Fsp3) is 0.190. The predicted octanol–water partition coefficient (Wildman–Crippen LogP) is 4.03.